The molecule has 27 heavy (non-hydrogen) atoms. The van der Waals surface area contributed by atoms with E-state index in [9.17, 15) is 14.4 Å². The lowest BCUT2D eigenvalue weighted by molar-refractivity contribution is -0.146. The van der Waals surface area contributed by atoms with Crippen molar-refractivity contribution in [2.75, 3.05) is 25.1 Å². The van der Waals surface area contributed by atoms with E-state index in [-0.39, 0.29) is 0 Å². The van der Waals surface area contributed by atoms with E-state index in [0.29, 0.717) is 28.5 Å². The number of para-hydroxylation sites is 1. The van der Waals surface area contributed by atoms with Crippen molar-refractivity contribution in [1.82, 2.24) is 5.32 Å². The molecule has 0 fully saturated rings. The molecule has 1 aromatic carbocycles. The number of nitrogens with zero attached hydrogens (tertiary/aromatic N) is 1. The highest BCUT2D eigenvalue weighted by atomic mass is 32.1. The third-order valence-corrected chi connectivity index (χ3v) is 4.06. The van der Waals surface area contributed by atoms with Crippen molar-refractivity contribution in [3.8, 4) is 11.8 Å². The van der Waals surface area contributed by atoms with Gasteiger partial charge in [-0.2, -0.15) is 5.26 Å². The second-order valence-corrected chi connectivity index (χ2v) is 6.01. The average Bonchev–Trinajstić information content (AvgIpc) is 3.12. The molecule has 1 aromatic heterocycles. The van der Waals surface area contributed by atoms with Gasteiger partial charge in [-0.1, -0.05) is 12.1 Å². The van der Waals surface area contributed by atoms with Crippen LogP contribution >= 0.6 is 11.3 Å². The fourth-order valence-electron chi connectivity index (χ4n) is 2.04. The van der Waals surface area contributed by atoms with Crippen molar-refractivity contribution in [2.24, 2.45) is 0 Å². The molecular weight excluding hydrogens is 370 g/mol. The summed E-state index contributed by atoms with van der Waals surface area (Å²) in [6.07, 6.45) is 0. The minimum atomic E-state index is -0.765. The Balaban J connectivity index is 1.78. The van der Waals surface area contributed by atoms with Gasteiger partial charge < -0.3 is 20.1 Å². The van der Waals surface area contributed by atoms with Crippen LogP contribution < -0.4 is 15.4 Å². The average molecular weight is 387 g/mol. The van der Waals surface area contributed by atoms with Crippen LogP contribution in [0.25, 0.3) is 0 Å². The van der Waals surface area contributed by atoms with Crippen LogP contribution in [-0.4, -0.2) is 37.5 Å². The zero-order valence-electron chi connectivity index (χ0n) is 14.5. The first kappa shape index (κ1) is 19.9. The SMILES string of the molecule is CCOc1ccccc1C(=O)NCC(=O)OCC(=O)Nc1sccc1C#N. The number of hydrogen-bond donors (Lipinski definition) is 2. The van der Waals surface area contributed by atoms with Gasteiger partial charge in [-0.25, -0.2) is 0 Å². The van der Waals surface area contributed by atoms with Crippen molar-refractivity contribution in [3.05, 3.63) is 46.8 Å². The van der Waals surface area contributed by atoms with Crippen LogP contribution in [0, 0.1) is 11.3 Å². The number of thiophene rings is 1. The second-order valence-electron chi connectivity index (χ2n) is 5.10. The van der Waals surface area contributed by atoms with Gasteiger partial charge in [-0.15, -0.1) is 11.3 Å². The first-order valence-corrected chi connectivity index (χ1v) is 8.86. The molecule has 0 spiro atoms. The predicted molar refractivity (Wildman–Crippen MR) is 98.6 cm³/mol. The Morgan fingerprint density at radius 3 is 2.74 bits per heavy atom. The van der Waals surface area contributed by atoms with E-state index >= 15 is 0 Å². The molecule has 0 saturated heterocycles. The Morgan fingerprint density at radius 1 is 1.22 bits per heavy atom. The van der Waals surface area contributed by atoms with Crippen molar-refractivity contribution in [2.45, 2.75) is 6.92 Å². The Morgan fingerprint density at radius 2 is 2.00 bits per heavy atom. The van der Waals surface area contributed by atoms with Crippen molar-refractivity contribution >= 4 is 34.1 Å². The molecule has 2 amide bonds. The first-order valence-electron chi connectivity index (χ1n) is 7.98. The number of benzene rings is 1. The largest absolute Gasteiger partial charge is 0.493 e. The van der Waals surface area contributed by atoms with Crippen LogP contribution in [0.15, 0.2) is 35.7 Å². The summed E-state index contributed by atoms with van der Waals surface area (Å²) in [5, 5.41) is 15.8. The minimum absolute atomic E-state index is 0.298. The number of carbonyl (C=O) groups is 3. The quantitative estimate of drug-likeness (QED) is 0.669. The molecule has 1 heterocycles. The highest BCUT2D eigenvalue weighted by Crippen LogP contribution is 2.21. The number of nitriles is 1. The summed E-state index contributed by atoms with van der Waals surface area (Å²) in [5.41, 5.74) is 0.631. The van der Waals surface area contributed by atoms with Gasteiger partial charge in [0.25, 0.3) is 11.8 Å². The number of rotatable bonds is 8. The van der Waals surface area contributed by atoms with Crippen LogP contribution in [0.5, 0.6) is 5.75 Å². The van der Waals surface area contributed by atoms with Crippen LogP contribution in [0.1, 0.15) is 22.8 Å². The van der Waals surface area contributed by atoms with E-state index in [1.165, 1.54) is 11.3 Å². The van der Waals surface area contributed by atoms with E-state index in [1.54, 1.807) is 42.6 Å². The molecule has 0 unspecified atom stereocenters. The van der Waals surface area contributed by atoms with Crippen molar-refractivity contribution < 1.29 is 23.9 Å². The number of carbonyl (C=O) groups excluding carboxylic acids is 3. The van der Waals surface area contributed by atoms with Gasteiger partial charge >= 0.3 is 5.97 Å². The maximum Gasteiger partial charge on any atom is 0.325 e. The number of ether oxygens (including phenoxy) is 2. The van der Waals surface area contributed by atoms with E-state index < -0.39 is 30.9 Å². The fraction of sp³-hybridized carbons (Fsp3) is 0.222. The summed E-state index contributed by atoms with van der Waals surface area (Å²) in [6.45, 7) is 1.29. The van der Waals surface area contributed by atoms with E-state index in [1.807, 2.05) is 6.07 Å². The molecule has 9 heteroatoms. The van der Waals surface area contributed by atoms with Gasteiger partial charge in [0.05, 0.1) is 17.7 Å². The normalized spacial score (nSPS) is 9.78. The van der Waals surface area contributed by atoms with Crippen molar-refractivity contribution in [1.29, 1.82) is 5.26 Å². The van der Waals surface area contributed by atoms with Crippen molar-refractivity contribution in [3.63, 3.8) is 0 Å². The summed E-state index contributed by atoms with van der Waals surface area (Å²) < 4.78 is 10.2. The Bertz CT molecular complexity index is 872. The number of hydrogen-bond acceptors (Lipinski definition) is 7. The third-order valence-electron chi connectivity index (χ3n) is 3.23. The van der Waals surface area contributed by atoms with Gasteiger partial charge in [0.1, 0.15) is 23.4 Å². The number of amides is 2. The molecule has 0 aliphatic carbocycles. The van der Waals surface area contributed by atoms with Crippen LogP contribution in [0.3, 0.4) is 0 Å². The Hall–Kier alpha value is -3.38. The molecule has 0 atom stereocenters. The summed E-state index contributed by atoms with van der Waals surface area (Å²) in [5.74, 6) is -1.42. The molecule has 2 N–H and O–H groups in total. The monoisotopic (exact) mass is 387 g/mol. The molecule has 0 aliphatic heterocycles. The highest BCUT2D eigenvalue weighted by molar-refractivity contribution is 7.14. The molecule has 2 aromatic rings. The smallest absolute Gasteiger partial charge is 0.325 e. The maximum atomic E-state index is 12.2. The fourth-order valence-corrected chi connectivity index (χ4v) is 2.79. The Labute approximate surface area is 159 Å². The molecule has 140 valence electrons. The topological polar surface area (TPSA) is 118 Å². The second kappa shape index (κ2) is 9.94. The van der Waals surface area contributed by atoms with Gasteiger partial charge in [-0.3, -0.25) is 14.4 Å². The molecule has 0 bridgehead atoms. The number of esters is 1. The predicted octanol–water partition coefficient (Wildman–Crippen LogP) is 1.93. The van der Waals surface area contributed by atoms with E-state index in [0.717, 1.165) is 0 Å². The lowest BCUT2D eigenvalue weighted by Gasteiger charge is -2.10. The summed E-state index contributed by atoms with van der Waals surface area (Å²) >= 11 is 1.19. The number of anilines is 1. The first-order chi connectivity index (χ1) is 13.0. The molecule has 2 rings (SSSR count). The van der Waals surface area contributed by atoms with Crippen LogP contribution in [-0.2, 0) is 14.3 Å². The van der Waals surface area contributed by atoms with Gasteiger partial charge in [0, 0.05) is 0 Å². The van der Waals surface area contributed by atoms with Gasteiger partial charge in [0.15, 0.2) is 6.61 Å². The Kier molecular flexibility index (Phi) is 7.34. The summed E-state index contributed by atoms with van der Waals surface area (Å²) in [4.78, 5) is 35.6. The zero-order chi connectivity index (χ0) is 19.6. The zero-order valence-corrected chi connectivity index (χ0v) is 15.3. The molecule has 0 aliphatic rings. The summed E-state index contributed by atoms with van der Waals surface area (Å²) in [7, 11) is 0. The standard InChI is InChI=1S/C18H17N3O5S/c1-2-25-14-6-4-3-5-13(14)17(24)20-10-16(23)26-11-15(22)21-18-12(9-19)7-8-27-18/h3-8H,2,10-11H2,1H3,(H,20,24)(H,21,22). The number of nitrogens with one attached hydrogen (secondary N) is 2. The minimum Gasteiger partial charge on any atom is -0.493 e. The molecular formula is C18H17N3O5S. The highest BCUT2D eigenvalue weighted by Gasteiger charge is 2.15. The van der Waals surface area contributed by atoms with Gasteiger partial charge in [-0.05, 0) is 30.5 Å². The van der Waals surface area contributed by atoms with E-state index in [2.05, 4.69) is 10.6 Å². The van der Waals surface area contributed by atoms with Crippen LogP contribution in [0.2, 0.25) is 0 Å². The van der Waals surface area contributed by atoms with E-state index in [4.69, 9.17) is 14.7 Å². The third kappa shape index (κ3) is 5.83. The lowest BCUT2D eigenvalue weighted by Crippen LogP contribution is -2.32. The van der Waals surface area contributed by atoms with Gasteiger partial charge in [0.2, 0.25) is 0 Å². The maximum absolute atomic E-state index is 12.2. The molecule has 0 radical (unpaired) electrons. The van der Waals surface area contributed by atoms with Crippen LogP contribution in [0.4, 0.5) is 5.00 Å². The molecule has 0 saturated carbocycles. The summed E-state index contributed by atoms with van der Waals surface area (Å²) in [6, 6.07) is 10.2. The molecule has 8 nitrogen and oxygen atoms in total. The lowest BCUT2D eigenvalue weighted by atomic mass is 10.2.